The molecule has 0 heterocycles. The summed E-state index contributed by atoms with van der Waals surface area (Å²) in [6, 6.07) is 14.0. The first kappa shape index (κ1) is 17.7. The van der Waals surface area contributed by atoms with E-state index < -0.39 is 6.10 Å². The Balaban J connectivity index is 1.84. The molecule has 124 valence electrons. The molecule has 0 aliphatic rings. The normalized spacial score (nSPS) is 12.9. The Kier molecular flexibility index (Phi) is 5.94. The van der Waals surface area contributed by atoms with Gasteiger partial charge < -0.3 is 10.1 Å². The molecule has 0 saturated heterocycles. The lowest BCUT2D eigenvalue weighted by atomic mass is 10.1. The molecule has 0 aliphatic carbocycles. The van der Waals surface area contributed by atoms with Crippen molar-refractivity contribution in [3.63, 3.8) is 0 Å². The number of amides is 1. The molecule has 4 heteroatoms. The minimum Gasteiger partial charge on any atom is -0.481 e. The van der Waals surface area contributed by atoms with Crippen LogP contribution >= 0.6 is 11.8 Å². The van der Waals surface area contributed by atoms with Gasteiger partial charge in [0.2, 0.25) is 0 Å². The fourth-order valence-corrected chi connectivity index (χ4v) is 2.99. The molecule has 1 atom stereocenters. The summed E-state index contributed by atoms with van der Waals surface area (Å²) in [5.41, 5.74) is 0. The Hall–Kier alpha value is -1.68. The van der Waals surface area contributed by atoms with E-state index in [2.05, 4.69) is 32.2 Å². The zero-order valence-electron chi connectivity index (χ0n) is 14.3. The minimum atomic E-state index is -0.504. The average molecular weight is 331 g/mol. The van der Waals surface area contributed by atoms with Crippen LogP contribution in [-0.4, -0.2) is 29.1 Å². The lowest BCUT2D eigenvalue weighted by molar-refractivity contribution is -0.127. The van der Waals surface area contributed by atoms with Crippen LogP contribution in [0.3, 0.4) is 0 Å². The van der Waals surface area contributed by atoms with Gasteiger partial charge in [-0.3, -0.25) is 4.79 Å². The van der Waals surface area contributed by atoms with Crippen molar-refractivity contribution in [3.8, 4) is 5.75 Å². The van der Waals surface area contributed by atoms with E-state index in [9.17, 15) is 4.79 Å². The number of rotatable bonds is 6. The van der Waals surface area contributed by atoms with Gasteiger partial charge in [-0.25, -0.2) is 0 Å². The Morgan fingerprint density at radius 2 is 1.87 bits per heavy atom. The van der Waals surface area contributed by atoms with Crippen LogP contribution in [0, 0.1) is 0 Å². The molecule has 1 amide bonds. The van der Waals surface area contributed by atoms with Gasteiger partial charge in [-0.1, -0.05) is 51.1 Å². The van der Waals surface area contributed by atoms with Gasteiger partial charge in [0.05, 0.1) is 0 Å². The number of benzene rings is 2. The van der Waals surface area contributed by atoms with E-state index in [0.29, 0.717) is 6.54 Å². The standard InChI is InChI=1S/C19H25NO2S/c1-14(18(21)20-11-12-23-19(2,3)4)22-17-10-9-15-7-5-6-8-16(15)13-17/h5-10,13-14H,11-12H2,1-4H3,(H,20,21). The molecule has 3 nitrogen and oxygen atoms in total. The number of carbonyl (C=O) groups is 1. The molecule has 0 spiro atoms. The van der Waals surface area contributed by atoms with Crippen LogP contribution in [0.4, 0.5) is 0 Å². The zero-order chi connectivity index (χ0) is 16.9. The third-order valence-electron chi connectivity index (χ3n) is 3.34. The highest BCUT2D eigenvalue weighted by atomic mass is 32.2. The quantitative estimate of drug-likeness (QED) is 0.804. The van der Waals surface area contributed by atoms with Crippen LogP contribution in [0.5, 0.6) is 5.75 Å². The third kappa shape index (κ3) is 5.79. The number of thioether (sulfide) groups is 1. The summed E-state index contributed by atoms with van der Waals surface area (Å²) < 4.78 is 5.98. The van der Waals surface area contributed by atoms with Gasteiger partial charge in [-0.15, -0.1) is 0 Å². The predicted octanol–water partition coefficient (Wildman–Crippen LogP) is 4.26. The largest absolute Gasteiger partial charge is 0.481 e. The molecular weight excluding hydrogens is 306 g/mol. The van der Waals surface area contributed by atoms with Gasteiger partial charge in [-0.05, 0) is 29.8 Å². The molecule has 0 radical (unpaired) electrons. The van der Waals surface area contributed by atoms with E-state index in [1.807, 2.05) is 48.2 Å². The molecule has 0 aromatic heterocycles. The van der Waals surface area contributed by atoms with Crippen molar-refractivity contribution in [2.75, 3.05) is 12.3 Å². The number of ether oxygens (including phenoxy) is 1. The molecule has 1 N–H and O–H groups in total. The van der Waals surface area contributed by atoms with Gasteiger partial charge in [-0.2, -0.15) is 11.8 Å². The highest BCUT2D eigenvalue weighted by molar-refractivity contribution is 8.00. The van der Waals surface area contributed by atoms with Crippen LogP contribution in [0.1, 0.15) is 27.7 Å². The van der Waals surface area contributed by atoms with Crippen LogP contribution < -0.4 is 10.1 Å². The fourth-order valence-electron chi connectivity index (χ4n) is 2.17. The van der Waals surface area contributed by atoms with E-state index in [1.54, 1.807) is 6.92 Å². The molecule has 0 bridgehead atoms. The van der Waals surface area contributed by atoms with Crippen molar-refractivity contribution < 1.29 is 9.53 Å². The lowest BCUT2D eigenvalue weighted by Gasteiger charge is -2.18. The molecule has 2 aromatic rings. The van der Waals surface area contributed by atoms with E-state index in [-0.39, 0.29) is 10.7 Å². The first-order valence-electron chi connectivity index (χ1n) is 7.92. The van der Waals surface area contributed by atoms with E-state index in [0.717, 1.165) is 22.3 Å². The first-order chi connectivity index (χ1) is 10.8. The van der Waals surface area contributed by atoms with E-state index >= 15 is 0 Å². The maximum atomic E-state index is 12.1. The molecule has 0 fully saturated rings. The highest BCUT2D eigenvalue weighted by Gasteiger charge is 2.15. The zero-order valence-corrected chi connectivity index (χ0v) is 15.1. The van der Waals surface area contributed by atoms with Gasteiger partial charge in [0.25, 0.3) is 5.91 Å². The lowest BCUT2D eigenvalue weighted by Crippen LogP contribution is -2.37. The monoisotopic (exact) mass is 331 g/mol. The first-order valence-corrected chi connectivity index (χ1v) is 8.91. The second-order valence-electron chi connectivity index (χ2n) is 6.52. The highest BCUT2D eigenvalue weighted by Crippen LogP contribution is 2.22. The molecule has 0 aliphatic heterocycles. The second-order valence-corrected chi connectivity index (χ2v) is 8.44. The second kappa shape index (κ2) is 7.73. The summed E-state index contributed by atoms with van der Waals surface area (Å²) in [7, 11) is 0. The van der Waals surface area contributed by atoms with Crippen molar-refractivity contribution >= 4 is 28.4 Å². The van der Waals surface area contributed by atoms with Gasteiger partial charge in [0.1, 0.15) is 5.75 Å². The minimum absolute atomic E-state index is 0.0762. The van der Waals surface area contributed by atoms with Crippen molar-refractivity contribution in [3.05, 3.63) is 42.5 Å². The summed E-state index contributed by atoms with van der Waals surface area (Å²) in [6.45, 7) is 8.95. The Morgan fingerprint density at radius 1 is 1.17 bits per heavy atom. The summed E-state index contributed by atoms with van der Waals surface area (Å²) in [5.74, 6) is 1.54. The van der Waals surface area contributed by atoms with Gasteiger partial charge in [0, 0.05) is 17.0 Å². The van der Waals surface area contributed by atoms with E-state index in [4.69, 9.17) is 4.74 Å². The molecule has 2 aromatic carbocycles. The molecule has 1 unspecified atom stereocenters. The smallest absolute Gasteiger partial charge is 0.260 e. The number of hydrogen-bond acceptors (Lipinski definition) is 3. The van der Waals surface area contributed by atoms with Crippen LogP contribution in [0.15, 0.2) is 42.5 Å². The number of hydrogen-bond donors (Lipinski definition) is 1. The average Bonchev–Trinajstić information content (AvgIpc) is 2.50. The third-order valence-corrected chi connectivity index (χ3v) is 4.61. The Bertz CT molecular complexity index is 664. The maximum absolute atomic E-state index is 12.1. The van der Waals surface area contributed by atoms with Crippen molar-refractivity contribution in [1.82, 2.24) is 5.32 Å². The van der Waals surface area contributed by atoms with Crippen molar-refractivity contribution in [2.24, 2.45) is 0 Å². The SMILES string of the molecule is CC(Oc1ccc2ccccc2c1)C(=O)NCCSC(C)(C)C. The van der Waals surface area contributed by atoms with Crippen LogP contribution in [0.2, 0.25) is 0 Å². The molecule has 23 heavy (non-hydrogen) atoms. The topological polar surface area (TPSA) is 38.3 Å². The Morgan fingerprint density at radius 3 is 2.57 bits per heavy atom. The van der Waals surface area contributed by atoms with E-state index in [1.165, 1.54) is 0 Å². The molecule has 2 rings (SSSR count). The van der Waals surface area contributed by atoms with Crippen LogP contribution in [0.25, 0.3) is 10.8 Å². The Labute approximate surface area is 142 Å². The number of nitrogens with one attached hydrogen (secondary N) is 1. The van der Waals surface area contributed by atoms with Crippen LogP contribution in [-0.2, 0) is 4.79 Å². The summed E-state index contributed by atoms with van der Waals surface area (Å²) in [6.07, 6.45) is -0.504. The summed E-state index contributed by atoms with van der Waals surface area (Å²) >= 11 is 1.84. The van der Waals surface area contributed by atoms with Crippen molar-refractivity contribution in [1.29, 1.82) is 0 Å². The van der Waals surface area contributed by atoms with Gasteiger partial charge >= 0.3 is 0 Å². The van der Waals surface area contributed by atoms with Gasteiger partial charge in [0.15, 0.2) is 6.10 Å². The molecule has 0 saturated carbocycles. The maximum Gasteiger partial charge on any atom is 0.260 e. The number of carbonyl (C=O) groups excluding carboxylic acids is 1. The predicted molar refractivity (Wildman–Crippen MR) is 99.3 cm³/mol. The summed E-state index contributed by atoms with van der Waals surface area (Å²) in [5, 5.41) is 5.20. The van der Waals surface area contributed by atoms with Crippen molar-refractivity contribution in [2.45, 2.75) is 38.5 Å². The molecular formula is C19H25NO2S. The fraction of sp³-hybridized carbons (Fsp3) is 0.421. The summed E-state index contributed by atoms with van der Waals surface area (Å²) in [4.78, 5) is 12.1. The number of fused-ring (bicyclic) bond motifs is 1.